The molecule has 29 heavy (non-hydrogen) atoms. The van der Waals surface area contributed by atoms with Crippen LogP contribution in [-0.4, -0.2) is 31.1 Å². The van der Waals surface area contributed by atoms with E-state index < -0.39 is 10.0 Å². The lowest BCUT2D eigenvalue weighted by molar-refractivity contribution is 0.340. The minimum atomic E-state index is -3.50. The fourth-order valence-corrected chi connectivity index (χ4v) is 4.61. The summed E-state index contributed by atoms with van der Waals surface area (Å²) in [6, 6.07) is 13.3. The first kappa shape index (κ1) is 19.9. The second-order valence-corrected chi connectivity index (χ2v) is 9.25. The smallest absolute Gasteiger partial charge is 0.240 e. The molecule has 1 heterocycles. The van der Waals surface area contributed by atoms with Crippen LogP contribution in [0, 0.1) is 5.92 Å². The summed E-state index contributed by atoms with van der Waals surface area (Å²) < 4.78 is 35.1. The number of fused-ring (bicyclic) bond motifs is 1. The largest absolute Gasteiger partial charge is 0.494 e. The van der Waals surface area contributed by atoms with Crippen molar-refractivity contribution in [3.63, 3.8) is 0 Å². The Labute approximate surface area is 172 Å². The van der Waals surface area contributed by atoms with Crippen molar-refractivity contribution in [2.24, 2.45) is 5.92 Å². The minimum Gasteiger partial charge on any atom is -0.494 e. The Balaban J connectivity index is 1.69. The van der Waals surface area contributed by atoms with E-state index >= 15 is 0 Å². The summed E-state index contributed by atoms with van der Waals surface area (Å²) in [6.45, 7) is 5.68. The van der Waals surface area contributed by atoms with Gasteiger partial charge >= 0.3 is 0 Å². The number of benzene rings is 2. The molecule has 0 spiro atoms. The van der Waals surface area contributed by atoms with Gasteiger partial charge in [-0.15, -0.1) is 0 Å². The summed E-state index contributed by atoms with van der Waals surface area (Å²) >= 11 is 0. The van der Waals surface area contributed by atoms with Crippen LogP contribution in [0.15, 0.2) is 47.4 Å². The number of aromatic nitrogens is 2. The Morgan fingerprint density at radius 1 is 1.14 bits per heavy atom. The molecule has 0 saturated heterocycles. The normalized spacial score (nSPS) is 14.4. The number of hydrogen-bond donors (Lipinski definition) is 1. The summed E-state index contributed by atoms with van der Waals surface area (Å²) in [5, 5.41) is 0. The molecule has 0 unspecified atom stereocenters. The molecular formula is C22H27N3O3S. The van der Waals surface area contributed by atoms with E-state index in [1.54, 1.807) is 19.1 Å². The van der Waals surface area contributed by atoms with Crippen LogP contribution < -0.4 is 9.46 Å². The standard InChI is InChI=1S/C22H27N3O3S/c1-3-23-29(26,27)19-11-12-21-20(14-19)24-22(25(21)15-17-5-6-17)13-16-7-9-18(10-8-16)28-4-2/h7-12,14,17,23H,3-6,13,15H2,1-2H3. The number of hydrogen-bond acceptors (Lipinski definition) is 4. The van der Waals surface area contributed by atoms with Crippen LogP contribution in [0.25, 0.3) is 11.0 Å². The highest BCUT2D eigenvalue weighted by molar-refractivity contribution is 7.89. The van der Waals surface area contributed by atoms with Crippen LogP contribution in [0.2, 0.25) is 0 Å². The number of rotatable bonds is 9. The van der Waals surface area contributed by atoms with Crippen molar-refractivity contribution < 1.29 is 13.2 Å². The molecule has 2 aromatic carbocycles. The number of nitrogens with one attached hydrogen (secondary N) is 1. The second-order valence-electron chi connectivity index (χ2n) is 7.49. The van der Waals surface area contributed by atoms with Gasteiger partial charge in [0.2, 0.25) is 10.0 Å². The number of ether oxygens (including phenoxy) is 1. The van der Waals surface area contributed by atoms with Crippen LogP contribution in [-0.2, 0) is 23.0 Å². The topological polar surface area (TPSA) is 73.2 Å². The molecule has 6 nitrogen and oxygen atoms in total. The van der Waals surface area contributed by atoms with E-state index in [1.807, 2.05) is 25.1 Å². The first-order valence-corrected chi connectivity index (χ1v) is 11.7. The fourth-order valence-electron chi connectivity index (χ4n) is 3.55. The third-order valence-electron chi connectivity index (χ3n) is 5.18. The molecule has 1 aliphatic carbocycles. The number of sulfonamides is 1. The summed E-state index contributed by atoms with van der Waals surface area (Å²) in [4.78, 5) is 5.08. The average Bonchev–Trinajstić information content (AvgIpc) is 3.45. The number of nitrogens with zero attached hydrogens (tertiary/aromatic N) is 2. The third-order valence-corrected chi connectivity index (χ3v) is 6.72. The summed E-state index contributed by atoms with van der Waals surface area (Å²) in [5.74, 6) is 2.52. The maximum absolute atomic E-state index is 12.4. The van der Waals surface area contributed by atoms with Gasteiger partial charge in [-0.1, -0.05) is 19.1 Å². The molecule has 0 bridgehead atoms. The van der Waals surface area contributed by atoms with Crippen molar-refractivity contribution in [2.75, 3.05) is 13.2 Å². The van der Waals surface area contributed by atoms with E-state index in [9.17, 15) is 8.42 Å². The predicted octanol–water partition coefficient (Wildman–Crippen LogP) is 3.73. The second kappa shape index (κ2) is 8.16. The van der Waals surface area contributed by atoms with E-state index in [1.165, 1.54) is 12.8 Å². The van der Waals surface area contributed by atoms with E-state index in [2.05, 4.69) is 21.4 Å². The Kier molecular flexibility index (Phi) is 5.61. The Morgan fingerprint density at radius 3 is 2.55 bits per heavy atom. The molecule has 1 aliphatic rings. The third kappa shape index (κ3) is 4.46. The van der Waals surface area contributed by atoms with E-state index in [-0.39, 0.29) is 4.90 Å². The number of imidazole rings is 1. The van der Waals surface area contributed by atoms with Gasteiger partial charge in [0.05, 0.1) is 22.5 Å². The highest BCUT2D eigenvalue weighted by atomic mass is 32.2. The van der Waals surface area contributed by atoms with Crippen LogP contribution in [0.1, 0.15) is 38.1 Å². The molecule has 0 radical (unpaired) electrons. The summed E-state index contributed by atoms with van der Waals surface area (Å²) in [7, 11) is -3.50. The zero-order valence-corrected chi connectivity index (χ0v) is 17.7. The monoisotopic (exact) mass is 413 g/mol. The first-order valence-electron chi connectivity index (χ1n) is 10.2. The van der Waals surface area contributed by atoms with E-state index in [4.69, 9.17) is 9.72 Å². The van der Waals surface area contributed by atoms with Gasteiger partial charge in [0.1, 0.15) is 11.6 Å². The van der Waals surface area contributed by atoms with Crippen LogP contribution in [0.3, 0.4) is 0 Å². The quantitative estimate of drug-likeness (QED) is 0.580. The van der Waals surface area contributed by atoms with Crippen molar-refractivity contribution in [1.82, 2.24) is 14.3 Å². The van der Waals surface area contributed by atoms with Crippen LogP contribution >= 0.6 is 0 Å². The molecule has 3 aromatic rings. The first-order chi connectivity index (χ1) is 14.0. The minimum absolute atomic E-state index is 0.260. The molecular weight excluding hydrogens is 386 g/mol. The molecule has 0 aliphatic heterocycles. The molecule has 154 valence electrons. The maximum atomic E-state index is 12.4. The zero-order chi connectivity index (χ0) is 20.4. The molecule has 7 heteroatoms. The highest BCUT2D eigenvalue weighted by Crippen LogP contribution is 2.33. The van der Waals surface area contributed by atoms with E-state index in [0.29, 0.717) is 25.5 Å². The van der Waals surface area contributed by atoms with Gasteiger partial charge in [-0.05, 0) is 61.6 Å². The van der Waals surface area contributed by atoms with Crippen LogP contribution in [0.4, 0.5) is 0 Å². The summed E-state index contributed by atoms with van der Waals surface area (Å²) in [6.07, 6.45) is 3.19. The molecule has 1 aromatic heterocycles. The molecule has 1 N–H and O–H groups in total. The molecule has 1 saturated carbocycles. The van der Waals surface area contributed by atoms with Crippen molar-refractivity contribution in [2.45, 2.75) is 44.6 Å². The predicted molar refractivity (Wildman–Crippen MR) is 114 cm³/mol. The van der Waals surface area contributed by atoms with Gasteiger partial charge in [-0.2, -0.15) is 0 Å². The van der Waals surface area contributed by atoms with Gasteiger partial charge in [-0.3, -0.25) is 0 Å². The zero-order valence-electron chi connectivity index (χ0n) is 16.9. The van der Waals surface area contributed by atoms with Crippen molar-refractivity contribution in [1.29, 1.82) is 0 Å². The molecule has 1 fully saturated rings. The van der Waals surface area contributed by atoms with Gasteiger partial charge in [-0.25, -0.2) is 18.1 Å². The maximum Gasteiger partial charge on any atom is 0.240 e. The fraction of sp³-hybridized carbons (Fsp3) is 0.409. The van der Waals surface area contributed by atoms with Crippen molar-refractivity contribution in [3.05, 3.63) is 53.9 Å². The van der Waals surface area contributed by atoms with Gasteiger partial charge in [0.15, 0.2) is 0 Å². The summed E-state index contributed by atoms with van der Waals surface area (Å²) in [5.41, 5.74) is 2.88. The van der Waals surface area contributed by atoms with Crippen molar-refractivity contribution >= 4 is 21.1 Å². The highest BCUT2D eigenvalue weighted by Gasteiger charge is 2.25. The molecule has 0 amide bonds. The van der Waals surface area contributed by atoms with Gasteiger partial charge < -0.3 is 9.30 Å². The van der Waals surface area contributed by atoms with Crippen molar-refractivity contribution in [3.8, 4) is 5.75 Å². The Hall–Kier alpha value is -2.38. The van der Waals surface area contributed by atoms with Crippen LogP contribution in [0.5, 0.6) is 5.75 Å². The molecule has 0 atom stereocenters. The van der Waals surface area contributed by atoms with E-state index in [0.717, 1.165) is 34.7 Å². The SMILES string of the molecule is CCNS(=O)(=O)c1ccc2c(c1)nc(Cc1ccc(OCC)cc1)n2CC1CC1. The lowest BCUT2D eigenvalue weighted by Gasteiger charge is -2.10. The average molecular weight is 414 g/mol. The molecule has 4 rings (SSSR count). The Morgan fingerprint density at radius 2 is 1.90 bits per heavy atom. The van der Waals surface area contributed by atoms with Gasteiger partial charge in [0.25, 0.3) is 0 Å². The lowest BCUT2D eigenvalue weighted by atomic mass is 10.1. The lowest BCUT2D eigenvalue weighted by Crippen LogP contribution is -2.23. The van der Waals surface area contributed by atoms with Gasteiger partial charge in [0, 0.05) is 19.5 Å². The Bertz CT molecular complexity index is 1100.